The van der Waals surface area contributed by atoms with E-state index in [1.165, 1.54) is 0 Å². The summed E-state index contributed by atoms with van der Waals surface area (Å²) in [5, 5.41) is 9.91. The number of nitrogens with zero attached hydrogens (tertiary/aromatic N) is 1. The molecule has 0 aliphatic carbocycles. The van der Waals surface area contributed by atoms with E-state index in [1.807, 2.05) is 36.4 Å². The van der Waals surface area contributed by atoms with Gasteiger partial charge in [-0.3, -0.25) is 4.90 Å². The Balaban J connectivity index is 2.11. The van der Waals surface area contributed by atoms with E-state index in [1.54, 1.807) is 18.9 Å². The zero-order valence-corrected chi connectivity index (χ0v) is 14.1. The van der Waals surface area contributed by atoms with Gasteiger partial charge < -0.3 is 9.84 Å². The molecular weight excluding hydrogens is 310 g/mol. The Kier molecular flexibility index (Phi) is 5.19. The normalized spacial score (nSPS) is 24.4. The number of sulfone groups is 1. The summed E-state index contributed by atoms with van der Waals surface area (Å²) in [5.74, 6) is 0.689. The Bertz CT molecular complexity index is 603. The highest BCUT2D eigenvalue weighted by Gasteiger charge is 2.38. The zero-order valence-electron chi connectivity index (χ0n) is 12.4. The number of likely N-dealkylation sites (N-methyl/N-ethyl adjacent to an activating group) is 1. The number of methoxy groups -OCH3 is 1. The lowest BCUT2D eigenvalue weighted by Crippen LogP contribution is -2.40. The van der Waals surface area contributed by atoms with Crippen LogP contribution in [0.15, 0.2) is 23.1 Å². The molecule has 2 atom stereocenters. The van der Waals surface area contributed by atoms with Crippen molar-refractivity contribution in [2.24, 2.45) is 0 Å². The lowest BCUT2D eigenvalue weighted by atomic mass is 10.1. The van der Waals surface area contributed by atoms with Crippen molar-refractivity contribution in [1.82, 2.24) is 4.90 Å². The molecule has 0 unspecified atom stereocenters. The summed E-state index contributed by atoms with van der Waals surface area (Å²) in [6, 6.07) is 5.61. The number of hydrogen-bond acceptors (Lipinski definition) is 6. The average molecular weight is 331 g/mol. The minimum absolute atomic E-state index is 0.0185. The third-order valence-electron chi connectivity index (χ3n) is 3.74. The lowest BCUT2D eigenvalue weighted by molar-refractivity contribution is 0.0957. The van der Waals surface area contributed by atoms with Gasteiger partial charge in [0.05, 0.1) is 30.8 Å². The number of aliphatic hydroxyl groups excluding tert-OH is 1. The number of hydrogen-bond donors (Lipinski definition) is 1. The predicted molar refractivity (Wildman–Crippen MR) is 84.7 cm³/mol. The molecule has 5 nitrogen and oxygen atoms in total. The summed E-state index contributed by atoms with van der Waals surface area (Å²) in [6.07, 6.45) is 1.18. The van der Waals surface area contributed by atoms with Gasteiger partial charge >= 0.3 is 0 Å². The Labute approximate surface area is 130 Å². The molecule has 0 bridgehead atoms. The van der Waals surface area contributed by atoms with E-state index in [4.69, 9.17) is 4.74 Å². The fourth-order valence-electron chi connectivity index (χ4n) is 2.62. The molecule has 1 aromatic carbocycles. The molecule has 21 heavy (non-hydrogen) atoms. The van der Waals surface area contributed by atoms with E-state index >= 15 is 0 Å². The highest BCUT2D eigenvalue weighted by atomic mass is 32.2. The number of benzene rings is 1. The summed E-state index contributed by atoms with van der Waals surface area (Å²) >= 11 is 1.62. The molecule has 1 saturated heterocycles. The van der Waals surface area contributed by atoms with Gasteiger partial charge in [0.2, 0.25) is 0 Å². The van der Waals surface area contributed by atoms with Crippen LogP contribution in [0.4, 0.5) is 0 Å². The van der Waals surface area contributed by atoms with Crippen molar-refractivity contribution >= 4 is 21.6 Å². The molecule has 1 fully saturated rings. The topological polar surface area (TPSA) is 66.8 Å². The van der Waals surface area contributed by atoms with Crippen LogP contribution >= 0.6 is 11.8 Å². The van der Waals surface area contributed by atoms with Crippen LogP contribution in [0.5, 0.6) is 5.75 Å². The van der Waals surface area contributed by atoms with Crippen molar-refractivity contribution < 1.29 is 18.3 Å². The van der Waals surface area contributed by atoms with E-state index in [0.717, 1.165) is 16.2 Å². The lowest BCUT2D eigenvalue weighted by Gasteiger charge is -2.26. The van der Waals surface area contributed by atoms with Gasteiger partial charge in [-0.05, 0) is 31.0 Å². The van der Waals surface area contributed by atoms with Crippen LogP contribution in [0, 0.1) is 0 Å². The third kappa shape index (κ3) is 3.91. The molecule has 0 amide bonds. The minimum Gasteiger partial charge on any atom is -0.496 e. The van der Waals surface area contributed by atoms with Crippen LogP contribution in [0.1, 0.15) is 5.56 Å². The predicted octanol–water partition coefficient (Wildman–Crippen LogP) is 1.01. The molecule has 118 valence electrons. The van der Waals surface area contributed by atoms with Gasteiger partial charge in [0, 0.05) is 11.4 Å². The highest BCUT2D eigenvalue weighted by molar-refractivity contribution is 7.98. The molecule has 1 N–H and O–H groups in total. The summed E-state index contributed by atoms with van der Waals surface area (Å²) in [6.45, 7) is 0.572. The second kappa shape index (κ2) is 6.56. The molecule has 0 radical (unpaired) electrons. The summed E-state index contributed by atoms with van der Waals surface area (Å²) in [7, 11) is 0.347. The molecule has 1 heterocycles. The van der Waals surface area contributed by atoms with Crippen molar-refractivity contribution in [3.8, 4) is 5.75 Å². The second-order valence-electron chi connectivity index (χ2n) is 5.32. The Morgan fingerprint density at radius 3 is 2.67 bits per heavy atom. The first-order valence-electron chi connectivity index (χ1n) is 6.66. The van der Waals surface area contributed by atoms with Gasteiger partial charge in [-0.1, -0.05) is 6.07 Å². The first-order chi connectivity index (χ1) is 9.86. The Morgan fingerprint density at radius 2 is 2.14 bits per heavy atom. The van der Waals surface area contributed by atoms with Crippen LogP contribution in [-0.4, -0.2) is 62.5 Å². The van der Waals surface area contributed by atoms with Gasteiger partial charge in [-0.2, -0.15) is 0 Å². The molecular formula is C14H21NO4S2. The molecule has 0 aromatic heterocycles. The van der Waals surface area contributed by atoms with Gasteiger partial charge in [0.15, 0.2) is 9.84 Å². The van der Waals surface area contributed by atoms with E-state index in [2.05, 4.69) is 0 Å². The number of rotatable bonds is 5. The van der Waals surface area contributed by atoms with Crippen molar-refractivity contribution in [2.45, 2.75) is 23.6 Å². The maximum absolute atomic E-state index is 11.6. The molecule has 1 aromatic rings. The third-order valence-corrected chi connectivity index (χ3v) is 6.22. The minimum atomic E-state index is -3.13. The van der Waals surface area contributed by atoms with Crippen LogP contribution in [0.25, 0.3) is 0 Å². The van der Waals surface area contributed by atoms with E-state index in [0.29, 0.717) is 6.54 Å². The standard InChI is InChI=1S/C14H21NO4S2/c1-15(11-8-21(17,18)9-12(11)16)7-10-4-5-14(20-3)13(6-10)19-2/h4-6,11-12,16H,7-9H2,1-3H3/t11-,12+/m0/s1. The SMILES string of the molecule is COc1cc(CN(C)[C@H]2CS(=O)(=O)C[C@H]2O)ccc1SC. The number of aliphatic hydroxyl groups is 1. The quantitative estimate of drug-likeness (QED) is 0.812. The van der Waals surface area contributed by atoms with E-state index in [9.17, 15) is 13.5 Å². The van der Waals surface area contributed by atoms with Crippen molar-refractivity contribution in [3.63, 3.8) is 0 Å². The average Bonchev–Trinajstić information content (AvgIpc) is 2.72. The molecule has 1 aliphatic heterocycles. The van der Waals surface area contributed by atoms with Crippen LogP contribution in [-0.2, 0) is 16.4 Å². The maximum atomic E-state index is 11.6. The van der Waals surface area contributed by atoms with E-state index < -0.39 is 15.9 Å². The molecule has 7 heteroatoms. The number of ether oxygens (including phenoxy) is 1. The first kappa shape index (κ1) is 16.6. The molecule has 2 rings (SSSR count). The monoisotopic (exact) mass is 331 g/mol. The molecule has 1 aliphatic rings. The fraction of sp³-hybridized carbons (Fsp3) is 0.571. The summed E-state index contributed by atoms with van der Waals surface area (Å²) in [4.78, 5) is 2.95. The summed E-state index contributed by atoms with van der Waals surface area (Å²) < 4.78 is 28.5. The summed E-state index contributed by atoms with van der Waals surface area (Å²) in [5.41, 5.74) is 1.03. The van der Waals surface area contributed by atoms with Crippen molar-refractivity contribution in [3.05, 3.63) is 23.8 Å². The fourth-order valence-corrected chi connectivity index (χ4v) is 5.04. The second-order valence-corrected chi connectivity index (χ2v) is 8.32. The first-order valence-corrected chi connectivity index (χ1v) is 9.70. The van der Waals surface area contributed by atoms with Crippen LogP contribution < -0.4 is 4.74 Å². The largest absolute Gasteiger partial charge is 0.496 e. The van der Waals surface area contributed by atoms with Gasteiger partial charge in [-0.25, -0.2) is 8.42 Å². The molecule has 0 spiro atoms. The van der Waals surface area contributed by atoms with Crippen LogP contribution in [0.2, 0.25) is 0 Å². The highest BCUT2D eigenvalue weighted by Crippen LogP contribution is 2.29. The number of thioether (sulfide) groups is 1. The van der Waals surface area contributed by atoms with Gasteiger partial charge in [0.1, 0.15) is 5.75 Å². The van der Waals surface area contributed by atoms with Crippen molar-refractivity contribution in [1.29, 1.82) is 0 Å². The van der Waals surface area contributed by atoms with Gasteiger partial charge in [0.25, 0.3) is 0 Å². The van der Waals surface area contributed by atoms with Crippen LogP contribution in [0.3, 0.4) is 0 Å². The Hall–Kier alpha value is -0.760. The maximum Gasteiger partial charge on any atom is 0.154 e. The zero-order chi connectivity index (χ0) is 15.6. The van der Waals surface area contributed by atoms with Gasteiger partial charge in [-0.15, -0.1) is 11.8 Å². The Morgan fingerprint density at radius 1 is 1.43 bits per heavy atom. The van der Waals surface area contributed by atoms with Crippen molar-refractivity contribution in [2.75, 3.05) is 31.9 Å². The van der Waals surface area contributed by atoms with E-state index in [-0.39, 0.29) is 17.5 Å². The molecule has 0 saturated carbocycles. The smallest absolute Gasteiger partial charge is 0.154 e.